The van der Waals surface area contributed by atoms with Gasteiger partial charge in [-0.05, 0) is 41.7 Å². The SMILES string of the molecule is O=[N+]([O-])c1ccccc1/C=N\N=C/C1=C(N2CCOCC2)C(=Cc2ccccc2)CC1. The quantitative estimate of drug-likeness (QED) is 0.395. The van der Waals surface area contributed by atoms with Crippen molar-refractivity contribution in [2.45, 2.75) is 12.8 Å². The summed E-state index contributed by atoms with van der Waals surface area (Å²) in [6.45, 7) is 3.11. The van der Waals surface area contributed by atoms with Crippen LogP contribution in [0.2, 0.25) is 0 Å². The largest absolute Gasteiger partial charge is 0.378 e. The van der Waals surface area contributed by atoms with Crippen LogP contribution in [0.3, 0.4) is 0 Å². The van der Waals surface area contributed by atoms with Gasteiger partial charge in [0, 0.05) is 24.9 Å². The molecule has 1 heterocycles. The van der Waals surface area contributed by atoms with Crippen LogP contribution in [0, 0.1) is 10.1 Å². The third-order valence-corrected chi connectivity index (χ3v) is 5.35. The number of morpholine rings is 1. The van der Waals surface area contributed by atoms with Crippen molar-refractivity contribution in [1.29, 1.82) is 0 Å². The highest BCUT2D eigenvalue weighted by atomic mass is 16.6. The molecule has 2 aromatic rings. The molecule has 0 atom stereocenters. The van der Waals surface area contributed by atoms with Crippen LogP contribution in [0.15, 0.2) is 81.6 Å². The molecule has 0 radical (unpaired) electrons. The van der Waals surface area contributed by atoms with E-state index in [2.05, 4.69) is 33.3 Å². The Bertz CT molecular complexity index is 1050. The van der Waals surface area contributed by atoms with Gasteiger partial charge in [0.05, 0.1) is 36.1 Å². The number of nitro groups is 1. The molecule has 1 saturated heterocycles. The first kappa shape index (κ1) is 20.7. The summed E-state index contributed by atoms with van der Waals surface area (Å²) in [6.07, 6.45) is 7.27. The lowest BCUT2D eigenvalue weighted by atomic mass is 10.1. The van der Waals surface area contributed by atoms with Crippen molar-refractivity contribution in [3.63, 3.8) is 0 Å². The molecule has 0 amide bonds. The fourth-order valence-electron chi connectivity index (χ4n) is 3.88. The summed E-state index contributed by atoms with van der Waals surface area (Å²) < 4.78 is 5.53. The van der Waals surface area contributed by atoms with Crippen LogP contribution in [-0.4, -0.2) is 48.6 Å². The van der Waals surface area contributed by atoms with E-state index in [1.54, 1.807) is 24.4 Å². The third-order valence-electron chi connectivity index (χ3n) is 5.35. The van der Waals surface area contributed by atoms with E-state index in [9.17, 15) is 10.1 Å². The Morgan fingerprint density at radius 3 is 2.42 bits per heavy atom. The van der Waals surface area contributed by atoms with Crippen molar-refractivity contribution in [3.05, 3.63) is 92.7 Å². The minimum Gasteiger partial charge on any atom is -0.378 e. The molecular formula is C24H24N4O3. The van der Waals surface area contributed by atoms with Gasteiger partial charge in [-0.25, -0.2) is 0 Å². The van der Waals surface area contributed by atoms with E-state index in [0.29, 0.717) is 18.8 Å². The van der Waals surface area contributed by atoms with Gasteiger partial charge in [0.15, 0.2) is 0 Å². The summed E-state index contributed by atoms with van der Waals surface area (Å²) in [5.74, 6) is 0. The Morgan fingerprint density at radius 1 is 0.935 bits per heavy atom. The predicted molar refractivity (Wildman–Crippen MR) is 122 cm³/mol. The summed E-state index contributed by atoms with van der Waals surface area (Å²) in [4.78, 5) is 13.1. The predicted octanol–water partition coefficient (Wildman–Crippen LogP) is 4.46. The van der Waals surface area contributed by atoms with Gasteiger partial charge in [-0.15, -0.1) is 0 Å². The Labute approximate surface area is 181 Å². The van der Waals surface area contributed by atoms with Crippen LogP contribution < -0.4 is 0 Å². The van der Waals surface area contributed by atoms with Crippen molar-refractivity contribution in [1.82, 2.24) is 4.90 Å². The van der Waals surface area contributed by atoms with Crippen LogP contribution >= 0.6 is 0 Å². The van der Waals surface area contributed by atoms with Gasteiger partial charge in [0.25, 0.3) is 5.69 Å². The Balaban J connectivity index is 1.60. The number of benzene rings is 2. The molecule has 4 rings (SSSR count). The second kappa shape index (κ2) is 9.95. The van der Waals surface area contributed by atoms with E-state index < -0.39 is 4.92 Å². The third kappa shape index (κ3) is 5.13. The van der Waals surface area contributed by atoms with E-state index in [0.717, 1.165) is 31.5 Å². The minimum absolute atomic E-state index is 0.0172. The maximum Gasteiger partial charge on any atom is 0.278 e. The monoisotopic (exact) mass is 416 g/mol. The highest BCUT2D eigenvalue weighted by molar-refractivity contribution is 5.87. The lowest BCUT2D eigenvalue weighted by Gasteiger charge is -2.31. The molecule has 158 valence electrons. The molecule has 0 aromatic heterocycles. The van der Waals surface area contributed by atoms with Crippen molar-refractivity contribution < 1.29 is 9.66 Å². The fraction of sp³-hybridized carbons (Fsp3) is 0.250. The average Bonchev–Trinajstić information content (AvgIpc) is 3.20. The highest BCUT2D eigenvalue weighted by Crippen LogP contribution is 2.35. The van der Waals surface area contributed by atoms with E-state index in [1.165, 1.54) is 29.1 Å². The van der Waals surface area contributed by atoms with Crippen molar-refractivity contribution in [2.75, 3.05) is 26.3 Å². The van der Waals surface area contributed by atoms with Crippen LogP contribution in [0.1, 0.15) is 24.0 Å². The number of hydrogen-bond acceptors (Lipinski definition) is 6. The number of rotatable bonds is 6. The molecule has 31 heavy (non-hydrogen) atoms. The first-order valence-corrected chi connectivity index (χ1v) is 10.3. The van der Waals surface area contributed by atoms with Gasteiger partial charge in [0.1, 0.15) is 0 Å². The van der Waals surface area contributed by atoms with Crippen LogP contribution in [-0.2, 0) is 4.74 Å². The first-order chi connectivity index (χ1) is 15.2. The van der Waals surface area contributed by atoms with E-state index in [-0.39, 0.29) is 5.69 Å². The minimum atomic E-state index is -0.415. The van der Waals surface area contributed by atoms with Crippen molar-refractivity contribution >= 4 is 24.2 Å². The molecule has 7 nitrogen and oxygen atoms in total. The molecule has 7 heteroatoms. The molecule has 0 spiro atoms. The van der Waals surface area contributed by atoms with E-state index in [4.69, 9.17) is 4.74 Å². The molecule has 0 saturated carbocycles. The number of allylic oxidation sites excluding steroid dienone is 2. The van der Waals surface area contributed by atoms with Crippen LogP contribution in [0.4, 0.5) is 5.69 Å². The summed E-state index contributed by atoms with van der Waals surface area (Å²) in [6, 6.07) is 16.8. The Kier molecular flexibility index (Phi) is 6.64. The lowest BCUT2D eigenvalue weighted by molar-refractivity contribution is -0.385. The standard InChI is InChI=1S/C24H24N4O3/c29-28(30)23-9-5-4-8-21(23)17-25-26-18-22-11-10-20(16-19-6-2-1-3-7-19)24(22)27-12-14-31-15-13-27/h1-9,16-18H,10-15H2/b20-16?,25-17-,26-18-. The van der Waals surface area contributed by atoms with Gasteiger partial charge in [-0.3, -0.25) is 10.1 Å². The maximum absolute atomic E-state index is 11.1. The maximum atomic E-state index is 11.1. The summed E-state index contributed by atoms with van der Waals surface area (Å²) in [5, 5.41) is 19.4. The number of nitro benzene ring substituents is 1. The van der Waals surface area contributed by atoms with E-state index >= 15 is 0 Å². The van der Waals surface area contributed by atoms with Gasteiger partial charge in [0.2, 0.25) is 0 Å². The molecule has 1 aliphatic heterocycles. The van der Waals surface area contributed by atoms with Crippen LogP contribution in [0.5, 0.6) is 0 Å². The molecule has 0 N–H and O–H groups in total. The molecular weight excluding hydrogens is 392 g/mol. The van der Waals surface area contributed by atoms with Gasteiger partial charge >= 0.3 is 0 Å². The van der Waals surface area contributed by atoms with Gasteiger partial charge < -0.3 is 9.64 Å². The molecule has 2 aliphatic rings. The molecule has 1 aliphatic carbocycles. The summed E-state index contributed by atoms with van der Waals surface area (Å²) in [7, 11) is 0. The molecule has 0 bridgehead atoms. The van der Waals surface area contributed by atoms with Crippen molar-refractivity contribution in [3.8, 4) is 0 Å². The number of hydrogen-bond donors (Lipinski definition) is 0. The number of para-hydroxylation sites is 1. The normalized spacial score (nSPS) is 18.6. The van der Waals surface area contributed by atoms with Gasteiger partial charge in [-0.1, -0.05) is 42.5 Å². The highest BCUT2D eigenvalue weighted by Gasteiger charge is 2.25. The zero-order valence-corrected chi connectivity index (χ0v) is 17.2. The summed E-state index contributed by atoms with van der Waals surface area (Å²) in [5.41, 5.74) is 5.25. The smallest absolute Gasteiger partial charge is 0.278 e. The Morgan fingerprint density at radius 2 is 1.65 bits per heavy atom. The number of ether oxygens (including phenoxy) is 1. The van der Waals surface area contributed by atoms with Crippen molar-refractivity contribution in [2.24, 2.45) is 10.2 Å². The molecule has 2 aromatic carbocycles. The molecule has 0 unspecified atom stereocenters. The second-order valence-electron chi connectivity index (χ2n) is 7.36. The van der Waals surface area contributed by atoms with Crippen LogP contribution in [0.25, 0.3) is 6.08 Å². The zero-order chi connectivity index (χ0) is 21.5. The average molecular weight is 416 g/mol. The lowest BCUT2D eigenvalue weighted by Crippen LogP contribution is -2.36. The summed E-state index contributed by atoms with van der Waals surface area (Å²) >= 11 is 0. The first-order valence-electron chi connectivity index (χ1n) is 10.3. The Hall–Kier alpha value is -3.58. The fourth-order valence-corrected chi connectivity index (χ4v) is 3.88. The van der Waals surface area contributed by atoms with Gasteiger partial charge in [-0.2, -0.15) is 10.2 Å². The second-order valence-corrected chi connectivity index (χ2v) is 7.36. The number of nitrogens with zero attached hydrogens (tertiary/aromatic N) is 4. The topological polar surface area (TPSA) is 80.3 Å². The molecule has 1 fully saturated rings. The zero-order valence-electron chi connectivity index (χ0n) is 17.2. The van der Waals surface area contributed by atoms with E-state index in [1.807, 2.05) is 18.2 Å².